The van der Waals surface area contributed by atoms with Crippen LogP contribution >= 0.6 is 0 Å². The van der Waals surface area contributed by atoms with Crippen LogP contribution in [0.1, 0.15) is 32.6 Å². The second-order valence-corrected chi connectivity index (χ2v) is 7.23. The van der Waals surface area contributed by atoms with E-state index in [-0.39, 0.29) is 11.3 Å². The van der Waals surface area contributed by atoms with Gasteiger partial charge in [0.2, 0.25) is 0 Å². The number of nitrogens with one attached hydrogen (secondary N) is 1. The number of ether oxygens (including phenoxy) is 1. The lowest BCUT2D eigenvalue weighted by Gasteiger charge is -2.11. The molecular weight excluding hydrogens is 407 g/mol. The number of halogens is 1. The molecule has 3 aromatic rings. The van der Waals surface area contributed by atoms with E-state index < -0.39 is 17.6 Å². The number of benzene rings is 3. The zero-order chi connectivity index (χ0) is 23.1. The highest BCUT2D eigenvalue weighted by Crippen LogP contribution is 2.14. The molecule has 0 atom stereocenters. The Hall–Kier alpha value is -4.06. The molecule has 162 valence electrons. The fourth-order valence-corrected chi connectivity index (χ4v) is 2.91. The molecule has 32 heavy (non-hydrogen) atoms. The minimum absolute atomic E-state index is 0.140. The van der Waals surface area contributed by atoms with E-state index in [1.165, 1.54) is 31.4 Å². The van der Waals surface area contributed by atoms with E-state index >= 15 is 0 Å². The van der Waals surface area contributed by atoms with Crippen LogP contribution < -0.4 is 5.43 Å². The predicted octanol–water partition coefficient (Wildman–Crippen LogP) is 4.72. The first-order chi connectivity index (χ1) is 15.4. The van der Waals surface area contributed by atoms with Gasteiger partial charge in [-0.3, -0.25) is 10.2 Å². The first kappa shape index (κ1) is 22.6. The van der Waals surface area contributed by atoms with Gasteiger partial charge >= 0.3 is 5.97 Å². The molecule has 0 radical (unpaired) electrons. The highest BCUT2D eigenvalue weighted by Gasteiger charge is 2.15. The predicted molar refractivity (Wildman–Crippen MR) is 122 cm³/mol. The van der Waals surface area contributed by atoms with E-state index in [2.05, 4.69) is 10.5 Å². The summed E-state index contributed by atoms with van der Waals surface area (Å²) in [5.74, 6) is -1.70. The molecule has 0 heterocycles. The van der Waals surface area contributed by atoms with Crippen molar-refractivity contribution in [3.8, 4) is 0 Å². The molecule has 0 aromatic heterocycles. The van der Waals surface area contributed by atoms with Gasteiger partial charge in [0.25, 0.3) is 0 Å². The van der Waals surface area contributed by atoms with Crippen LogP contribution in [0.5, 0.6) is 0 Å². The van der Waals surface area contributed by atoms with Crippen molar-refractivity contribution in [1.29, 1.82) is 0 Å². The summed E-state index contributed by atoms with van der Waals surface area (Å²) in [7, 11) is 1.21. The number of hydrogen-bond donors (Lipinski definition) is 1. The van der Waals surface area contributed by atoms with Gasteiger partial charge in [-0.05, 0) is 38.1 Å². The van der Waals surface area contributed by atoms with Crippen LogP contribution in [0, 0.1) is 19.7 Å². The second-order valence-electron chi connectivity index (χ2n) is 7.23. The quantitative estimate of drug-likeness (QED) is 0.194. The van der Waals surface area contributed by atoms with Gasteiger partial charge < -0.3 is 4.74 Å². The van der Waals surface area contributed by atoms with E-state index in [0.717, 1.165) is 28.3 Å². The number of allylic oxidation sites excluding steroid dienone is 1. The summed E-state index contributed by atoms with van der Waals surface area (Å²) >= 11 is 0. The molecular formula is C26H23FN2O3. The number of methoxy groups -OCH3 is 1. The Morgan fingerprint density at radius 1 is 0.812 bits per heavy atom. The lowest BCUT2D eigenvalue weighted by molar-refractivity contribution is -0.136. The number of hydrazone groups is 1. The molecule has 3 rings (SSSR count). The normalized spacial score (nSPS) is 10.9. The Morgan fingerprint density at radius 3 is 1.75 bits per heavy atom. The van der Waals surface area contributed by atoms with Crippen molar-refractivity contribution in [2.24, 2.45) is 5.10 Å². The van der Waals surface area contributed by atoms with Crippen LogP contribution in [0.15, 0.2) is 89.7 Å². The fourth-order valence-electron chi connectivity index (χ4n) is 2.91. The van der Waals surface area contributed by atoms with Crippen LogP contribution in [0.25, 0.3) is 0 Å². The van der Waals surface area contributed by atoms with Crippen molar-refractivity contribution in [3.63, 3.8) is 0 Å². The summed E-state index contributed by atoms with van der Waals surface area (Å²) in [5.41, 5.74) is 7.24. The molecule has 0 bridgehead atoms. The van der Waals surface area contributed by atoms with Crippen molar-refractivity contribution in [2.45, 2.75) is 13.8 Å². The summed E-state index contributed by atoms with van der Waals surface area (Å²) in [6, 6.07) is 20.6. The molecule has 0 spiro atoms. The lowest BCUT2D eigenvalue weighted by Crippen LogP contribution is -2.21. The molecule has 0 saturated heterocycles. The van der Waals surface area contributed by atoms with Crippen molar-refractivity contribution < 1.29 is 18.7 Å². The van der Waals surface area contributed by atoms with E-state index in [0.29, 0.717) is 5.71 Å². The van der Waals surface area contributed by atoms with E-state index in [1.807, 2.05) is 62.4 Å². The minimum Gasteiger partial charge on any atom is -0.464 e. The number of hydrogen-bond acceptors (Lipinski definition) is 5. The van der Waals surface area contributed by atoms with E-state index in [1.54, 1.807) is 0 Å². The maximum Gasteiger partial charge on any atom is 0.356 e. The summed E-state index contributed by atoms with van der Waals surface area (Å²) in [6.07, 6.45) is 1.09. The van der Waals surface area contributed by atoms with Gasteiger partial charge in [0, 0.05) is 22.8 Å². The van der Waals surface area contributed by atoms with E-state index in [4.69, 9.17) is 4.74 Å². The lowest BCUT2D eigenvalue weighted by atomic mass is 10.0. The third-order valence-electron chi connectivity index (χ3n) is 4.75. The topological polar surface area (TPSA) is 67.8 Å². The Labute approximate surface area is 186 Å². The molecule has 0 aliphatic carbocycles. The number of carbonyl (C=O) groups is 2. The average molecular weight is 430 g/mol. The van der Waals surface area contributed by atoms with Gasteiger partial charge in [0.1, 0.15) is 11.5 Å². The second kappa shape index (κ2) is 10.3. The minimum atomic E-state index is -0.753. The number of ketones is 1. The molecule has 0 fully saturated rings. The van der Waals surface area contributed by atoms with Crippen LogP contribution in [0.3, 0.4) is 0 Å². The number of aryl methyl sites for hydroxylation is 2. The van der Waals surface area contributed by atoms with Gasteiger partial charge in [-0.25, -0.2) is 9.18 Å². The molecule has 3 aromatic carbocycles. The third-order valence-corrected chi connectivity index (χ3v) is 4.75. The SMILES string of the molecule is COC(=O)C(=CC(=O)c1ccc(F)cc1)NN=C(c1ccc(C)cc1)c1ccc(C)cc1. The number of nitrogens with zero attached hydrogens (tertiary/aromatic N) is 1. The van der Waals surface area contributed by atoms with Crippen molar-refractivity contribution in [2.75, 3.05) is 7.11 Å². The molecule has 0 unspecified atom stereocenters. The largest absolute Gasteiger partial charge is 0.464 e. The van der Waals surface area contributed by atoms with Gasteiger partial charge in [-0.15, -0.1) is 0 Å². The summed E-state index contributed by atoms with van der Waals surface area (Å²) in [6.45, 7) is 3.98. The molecule has 0 aliphatic heterocycles. The van der Waals surface area contributed by atoms with Gasteiger partial charge in [0.15, 0.2) is 5.78 Å². The smallest absolute Gasteiger partial charge is 0.356 e. The Balaban J connectivity index is 1.99. The molecule has 5 nitrogen and oxygen atoms in total. The Morgan fingerprint density at radius 2 is 1.28 bits per heavy atom. The fraction of sp³-hybridized carbons (Fsp3) is 0.115. The Kier molecular flexibility index (Phi) is 7.29. The Bertz CT molecular complexity index is 1120. The third kappa shape index (κ3) is 5.76. The zero-order valence-corrected chi connectivity index (χ0v) is 18.1. The standard InChI is InChI=1S/C26H23FN2O3/c1-17-4-8-20(9-5-17)25(21-10-6-18(2)7-11-21)29-28-23(26(31)32-3)16-24(30)19-12-14-22(27)15-13-19/h4-16,28H,1-3H3. The van der Waals surface area contributed by atoms with Crippen LogP contribution in [-0.4, -0.2) is 24.6 Å². The average Bonchev–Trinajstić information content (AvgIpc) is 2.80. The summed E-state index contributed by atoms with van der Waals surface area (Å²) in [5, 5.41) is 4.44. The molecule has 1 N–H and O–H groups in total. The van der Waals surface area contributed by atoms with Gasteiger partial charge in [-0.2, -0.15) is 5.10 Å². The molecule has 6 heteroatoms. The molecule has 0 saturated carbocycles. The summed E-state index contributed by atoms with van der Waals surface area (Å²) in [4.78, 5) is 24.8. The number of carbonyl (C=O) groups excluding carboxylic acids is 2. The maximum atomic E-state index is 13.1. The first-order valence-corrected chi connectivity index (χ1v) is 9.95. The molecule has 0 amide bonds. The zero-order valence-electron chi connectivity index (χ0n) is 18.1. The highest BCUT2D eigenvalue weighted by molar-refractivity contribution is 6.13. The molecule has 0 aliphatic rings. The van der Waals surface area contributed by atoms with Crippen molar-refractivity contribution >= 4 is 17.5 Å². The van der Waals surface area contributed by atoms with Crippen LogP contribution in [-0.2, 0) is 9.53 Å². The summed E-state index contributed by atoms with van der Waals surface area (Å²) < 4.78 is 17.9. The van der Waals surface area contributed by atoms with Gasteiger partial charge in [-0.1, -0.05) is 59.7 Å². The van der Waals surface area contributed by atoms with Crippen LogP contribution in [0.2, 0.25) is 0 Å². The number of rotatable bonds is 7. The van der Waals surface area contributed by atoms with Crippen molar-refractivity contribution in [3.05, 3.63) is 118 Å². The van der Waals surface area contributed by atoms with Crippen LogP contribution in [0.4, 0.5) is 4.39 Å². The highest BCUT2D eigenvalue weighted by atomic mass is 19.1. The first-order valence-electron chi connectivity index (χ1n) is 9.95. The van der Waals surface area contributed by atoms with Crippen molar-refractivity contribution in [1.82, 2.24) is 5.43 Å². The monoisotopic (exact) mass is 430 g/mol. The maximum absolute atomic E-state index is 13.1. The van der Waals surface area contributed by atoms with E-state index in [9.17, 15) is 14.0 Å². The number of esters is 1. The van der Waals surface area contributed by atoms with Gasteiger partial charge in [0.05, 0.1) is 12.8 Å².